The van der Waals surface area contributed by atoms with E-state index in [2.05, 4.69) is 41.5 Å². The van der Waals surface area contributed by atoms with Gasteiger partial charge < -0.3 is 9.47 Å². The maximum Gasteiger partial charge on any atom is 0.0709 e. The lowest BCUT2D eigenvalue weighted by Gasteiger charge is -2.38. The van der Waals surface area contributed by atoms with Gasteiger partial charge in [-0.3, -0.25) is 0 Å². The van der Waals surface area contributed by atoms with Gasteiger partial charge in [0.05, 0.1) is 24.4 Å². The highest BCUT2D eigenvalue weighted by atomic mass is 16.5. The minimum Gasteiger partial charge on any atom is -0.374 e. The van der Waals surface area contributed by atoms with E-state index in [1.54, 1.807) is 0 Å². The van der Waals surface area contributed by atoms with Crippen LogP contribution in [0.1, 0.15) is 106 Å². The molecule has 4 aliphatic rings. The largest absolute Gasteiger partial charge is 0.374 e. The molecule has 0 radical (unpaired) electrons. The number of hydrogen-bond acceptors (Lipinski definition) is 2. The zero-order valence-electron chi connectivity index (χ0n) is 19.8. The molecule has 0 aromatic rings. The Morgan fingerprint density at radius 1 is 0.607 bits per heavy atom. The molecule has 0 aromatic heterocycles. The van der Waals surface area contributed by atoms with Gasteiger partial charge in [-0.25, -0.2) is 0 Å². The SMILES string of the molecule is CCC1(CC)OCC2CC(C)CCC21.CCC1(CC)OCC2CCC(C)CC21. The van der Waals surface area contributed by atoms with Gasteiger partial charge in [0.1, 0.15) is 0 Å². The second-order valence-electron chi connectivity index (χ2n) is 10.7. The highest BCUT2D eigenvalue weighted by molar-refractivity contribution is 4.99. The summed E-state index contributed by atoms with van der Waals surface area (Å²) in [5, 5.41) is 0. The highest BCUT2D eigenvalue weighted by Gasteiger charge is 2.49. The standard InChI is InChI=1S/2C13H24O/c1-4-13(5-2)12-7-6-10(3)8-11(12)9-14-13;1-4-13(5-2)12-8-10(3)6-7-11(12)9-14-13/h2*10-12H,4-9H2,1-3H3. The Bertz CT molecular complexity index is 479. The summed E-state index contributed by atoms with van der Waals surface area (Å²) in [6.07, 6.45) is 13.3. The van der Waals surface area contributed by atoms with E-state index in [0.717, 1.165) is 48.7 Å². The van der Waals surface area contributed by atoms with Gasteiger partial charge in [-0.05, 0) is 86.9 Å². The maximum atomic E-state index is 6.13. The molecule has 0 bridgehead atoms. The Hall–Kier alpha value is -0.0800. The van der Waals surface area contributed by atoms with Crippen molar-refractivity contribution in [3.63, 3.8) is 0 Å². The summed E-state index contributed by atoms with van der Waals surface area (Å²) >= 11 is 0. The van der Waals surface area contributed by atoms with Crippen LogP contribution >= 0.6 is 0 Å². The second kappa shape index (κ2) is 9.38. The van der Waals surface area contributed by atoms with E-state index < -0.39 is 0 Å². The van der Waals surface area contributed by atoms with Gasteiger partial charge >= 0.3 is 0 Å². The van der Waals surface area contributed by atoms with Gasteiger partial charge in [-0.15, -0.1) is 0 Å². The first-order valence-corrected chi connectivity index (χ1v) is 12.7. The van der Waals surface area contributed by atoms with Crippen LogP contribution in [0, 0.1) is 35.5 Å². The first-order valence-electron chi connectivity index (χ1n) is 12.7. The quantitative estimate of drug-likeness (QED) is 0.501. The molecule has 28 heavy (non-hydrogen) atoms. The summed E-state index contributed by atoms with van der Waals surface area (Å²) in [7, 11) is 0. The number of rotatable bonds is 4. The van der Waals surface area contributed by atoms with Crippen LogP contribution in [0.25, 0.3) is 0 Å². The topological polar surface area (TPSA) is 18.5 Å². The Morgan fingerprint density at radius 2 is 1.11 bits per heavy atom. The summed E-state index contributed by atoms with van der Waals surface area (Å²) in [6, 6.07) is 0. The van der Waals surface area contributed by atoms with E-state index in [1.165, 1.54) is 64.2 Å². The zero-order valence-corrected chi connectivity index (χ0v) is 19.8. The third-order valence-corrected chi connectivity index (χ3v) is 9.42. The van der Waals surface area contributed by atoms with E-state index in [4.69, 9.17) is 9.47 Å². The van der Waals surface area contributed by atoms with Crippen LogP contribution in [-0.4, -0.2) is 24.4 Å². The van der Waals surface area contributed by atoms with Gasteiger partial charge in [0.15, 0.2) is 0 Å². The zero-order chi connectivity index (χ0) is 20.4. The van der Waals surface area contributed by atoms with E-state index in [0.29, 0.717) is 0 Å². The van der Waals surface area contributed by atoms with E-state index in [-0.39, 0.29) is 11.2 Å². The molecule has 0 amide bonds. The predicted molar refractivity (Wildman–Crippen MR) is 119 cm³/mol. The van der Waals surface area contributed by atoms with Crippen LogP contribution in [0.4, 0.5) is 0 Å². The molecule has 6 atom stereocenters. The van der Waals surface area contributed by atoms with Gasteiger partial charge in [0.25, 0.3) is 0 Å². The van der Waals surface area contributed by atoms with Crippen molar-refractivity contribution in [1.82, 2.24) is 0 Å². The monoisotopic (exact) mass is 392 g/mol. The molecule has 4 rings (SSSR count). The van der Waals surface area contributed by atoms with Crippen LogP contribution in [0.15, 0.2) is 0 Å². The normalized spacial score (nSPS) is 40.9. The lowest BCUT2D eigenvalue weighted by Crippen LogP contribution is -2.38. The fraction of sp³-hybridized carbons (Fsp3) is 1.00. The summed E-state index contributed by atoms with van der Waals surface area (Å²) in [6.45, 7) is 16.1. The second-order valence-corrected chi connectivity index (χ2v) is 10.7. The maximum absolute atomic E-state index is 6.13. The molecule has 6 unspecified atom stereocenters. The fourth-order valence-corrected chi connectivity index (χ4v) is 7.38. The lowest BCUT2D eigenvalue weighted by atomic mass is 9.67. The molecule has 0 aromatic carbocycles. The van der Waals surface area contributed by atoms with Crippen molar-refractivity contribution < 1.29 is 9.47 Å². The van der Waals surface area contributed by atoms with Crippen LogP contribution in [0.5, 0.6) is 0 Å². The summed E-state index contributed by atoms with van der Waals surface area (Å²) in [5.41, 5.74) is 0.504. The minimum atomic E-state index is 0.249. The Morgan fingerprint density at radius 3 is 1.71 bits per heavy atom. The molecule has 2 nitrogen and oxygen atoms in total. The Labute approximate surface area is 175 Å². The van der Waals surface area contributed by atoms with Crippen molar-refractivity contribution in [2.24, 2.45) is 35.5 Å². The van der Waals surface area contributed by atoms with Crippen molar-refractivity contribution >= 4 is 0 Å². The van der Waals surface area contributed by atoms with Crippen LogP contribution in [-0.2, 0) is 9.47 Å². The molecule has 2 heteroatoms. The lowest BCUT2D eigenvalue weighted by molar-refractivity contribution is -0.0340. The van der Waals surface area contributed by atoms with E-state index >= 15 is 0 Å². The van der Waals surface area contributed by atoms with E-state index in [1.807, 2.05) is 0 Å². The molecule has 4 fully saturated rings. The molecule has 2 saturated carbocycles. The van der Waals surface area contributed by atoms with E-state index in [9.17, 15) is 0 Å². The first-order chi connectivity index (χ1) is 13.4. The van der Waals surface area contributed by atoms with Crippen LogP contribution in [0.3, 0.4) is 0 Å². The predicted octanol–water partition coefficient (Wildman–Crippen LogP) is 7.26. The molecule has 0 spiro atoms. The fourth-order valence-electron chi connectivity index (χ4n) is 7.38. The molecule has 2 saturated heterocycles. The molecule has 2 aliphatic carbocycles. The van der Waals surface area contributed by atoms with Crippen molar-refractivity contribution in [2.75, 3.05) is 13.2 Å². The third kappa shape index (κ3) is 4.20. The average Bonchev–Trinajstić information content (AvgIpc) is 3.27. The van der Waals surface area contributed by atoms with Gasteiger partial charge in [-0.2, -0.15) is 0 Å². The van der Waals surface area contributed by atoms with Crippen LogP contribution in [0.2, 0.25) is 0 Å². The first kappa shape index (κ1) is 22.6. The molecular formula is C26H48O2. The molecule has 0 N–H and O–H groups in total. The van der Waals surface area contributed by atoms with Crippen molar-refractivity contribution in [3.05, 3.63) is 0 Å². The van der Waals surface area contributed by atoms with Crippen molar-refractivity contribution in [2.45, 2.75) is 117 Å². The molecule has 2 heterocycles. The number of hydrogen-bond donors (Lipinski definition) is 0. The molecular weight excluding hydrogens is 344 g/mol. The van der Waals surface area contributed by atoms with Crippen molar-refractivity contribution in [1.29, 1.82) is 0 Å². The average molecular weight is 393 g/mol. The Kier molecular flexibility index (Phi) is 7.57. The van der Waals surface area contributed by atoms with Gasteiger partial charge in [-0.1, -0.05) is 54.4 Å². The summed E-state index contributed by atoms with van der Waals surface area (Å²) < 4.78 is 12.3. The third-order valence-electron chi connectivity index (χ3n) is 9.42. The highest BCUT2D eigenvalue weighted by Crippen LogP contribution is 2.50. The van der Waals surface area contributed by atoms with Gasteiger partial charge in [0, 0.05) is 0 Å². The Balaban J connectivity index is 0.000000161. The smallest absolute Gasteiger partial charge is 0.0709 e. The number of fused-ring (bicyclic) bond motifs is 2. The van der Waals surface area contributed by atoms with Crippen molar-refractivity contribution in [3.8, 4) is 0 Å². The van der Waals surface area contributed by atoms with Crippen LogP contribution < -0.4 is 0 Å². The summed E-state index contributed by atoms with van der Waals surface area (Å²) in [4.78, 5) is 0. The molecule has 164 valence electrons. The summed E-state index contributed by atoms with van der Waals surface area (Å²) in [5.74, 6) is 5.35. The number of ether oxygens (including phenoxy) is 2. The molecule has 2 aliphatic heterocycles. The van der Waals surface area contributed by atoms with Gasteiger partial charge in [0.2, 0.25) is 0 Å². The minimum absolute atomic E-state index is 0.249.